The maximum atomic E-state index is 11.0. The molecule has 0 amide bonds. The van der Waals surface area contributed by atoms with Crippen molar-refractivity contribution in [1.29, 1.82) is 0 Å². The van der Waals surface area contributed by atoms with Crippen molar-refractivity contribution in [3.8, 4) is 0 Å². The number of hydrogen-bond donors (Lipinski definition) is 2. The SMILES string of the molecule is CC(=O)OC1C=CCC(C(=O)O)C1C(=O)O. The zero-order chi connectivity index (χ0) is 12.3. The molecule has 6 heteroatoms. The largest absolute Gasteiger partial charge is 0.481 e. The molecule has 0 saturated carbocycles. The van der Waals surface area contributed by atoms with Crippen LogP contribution in [0.4, 0.5) is 0 Å². The number of allylic oxidation sites excluding steroid dienone is 1. The van der Waals surface area contributed by atoms with Crippen molar-refractivity contribution in [1.82, 2.24) is 0 Å². The van der Waals surface area contributed by atoms with Crippen LogP contribution in [-0.4, -0.2) is 34.2 Å². The summed E-state index contributed by atoms with van der Waals surface area (Å²) in [5.74, 6) is -5.40. The first kappa shape index (κ1) is 12.2. The zero-order valence-corrected chi connectivity index (χ0v) is 8.62. The molecule has 16 heavy (non-hydrogen) atoms. The minimum absolute atomic E-state index is 0.129. The molecule has 3 atom stereocenters. The Labute approximate surface area is 91.5 Å². The van der Waals surface area contributed by atoms with Crippen molar-refractivity contribution in [3.63, 3.8) is 0 Å². The maximum Gasteiger partial charge on any atom is 0.311 e. The molecular weight excluding hydrogens is 216 g/mol. The molecule has 1 aliphatic carbocycles. The van der Waals surface area contributed by atoms with E-state index in [2.05, 4.69) is 0 Å². The van der Waals surface area contributed by atoms with Gasteiger partial charge in [-0.2, -0.15) is 0 Å². The Morgan fingerprint density at radius 3 is 2.31 bits per heavy atom. The second-order valence-corrected chi connectivity index (χ2v) is 3.55. The number of aliphatic carboxylic acids is 2. The lowest BCUT2D eigenvalue weighted by molar-refractivity contribution is -0.164. The molecule has 0 aromatic heterocycles. The van der Waals surface area contributed by atoms with Crippen molar-refractivity contribution in [2.75, 3.05) is 0 Å². The van der Waals surface area contributed by atoms with Crippen LogP contribution in [-0.2, 0) is 19.1 Å². The molecule has 6 nitrogen and oxygen atoms in total. The lowest BCUT2D eigenvalue weighted by Crippen LogP contribution is -2.41. The summed E-state index contributed by atoms with van der Waals surface area (Å²) in [5.41, 5.74) is 0. The fourth-order valence-electron chi connectivity index (χ4n) is 1.73. The van der Waals surface area contributed by atoms with Gasteiger partial charge in [0.2, 0.25) is 0 Å². The van der Waals surface area contributed by atoms with Crippen LogP contribution in [0.15, 0.2) is 12.2 Å². The van der Waals surface area contributed by atoms with Crippen LogP contribution < -0.4 is 0 Å². The van der Waals surface area contributed by atoms with Crippen LogP contribution in [0, 0.1) is 11.8 Å². The molecule has 0 spiro atoms. The molecule has 0 radical (unpaired) electrons. The number of hydrogen-bond acceptors (Lipinski definition) is 4. The molecule has 0 saturated heterocycles. The van der Waals surface area contributed by atoms with Gasteiger partial charge in [0.1, 0.15) is 12.0 Å². The quantitative estimate of drug-likeness (QED) is 0.531. The highest BCUT2D eigenvalue weighted by atomic mass is 16.5. The van der Waals surface area contributed by atoms with Crippen molar-refractivity contribution >= 4 is 17.9 Å². The Morgan fingerprint density at radius 2 is 1.88 bits per heavy atom. The van der Waals surface area contributed by atoms with Gasteiger partial charge in [-0.1, -0.05) is 6.08 Å². The normalized spacial score (nSPS) is 28.4. The van der Waals surface area contributed by atoms with Gasteiger partial charge in [-0.25, -0.2) is 0 Å². The molecule has 0 aromatic rings. The average molecular weight is 228 g/mol. The van der Waals surface area contributed by atoms with Gasteiger partial charge in [-0.15, -0.1) is 0 Å². The van der Waals surface area contributed by atoms with Gasteiger partial charge in [-0.3, -0.25) is 14.4 Å². The third-order valence-corrected chi connectivity index (χ3v) is 2.41. The number of esters is 1. The number of carboxylic acid groups (broad SMARTS) is 2. The number of rotatable bonds is 3. The number of carbonyl (C=O) groups excluding carboxylic acids is 1. The zero-order valence-electron chi connectivity index (χ0n) is 8.62. The minimum atomic E-state index is -1.27. The molecule has 1 rings (SSSR count). The molecule has 1 aliphatic rings. The predicted octanol–water partition coefficient (Wildman–Crippen LogP) is 0.280. The van der Waals surface area contributed by atoms with Crippen molar-refractivity contribution in [3.05, 3.63) is 12.2 Å². The number of carbonyl (C=O) groups is 3. The van der Waals surface area contributed by atoms with E-state index in [0.29, 0.717) is 0 Å². The van der Waals surface area contributed by atoms with Gasteiger partial charge in [0, 0.05) is 6.92 Å². The van der Waals surface area contributed by atoms with Crippen molar-refractivity contribution in [2.24, 2.45) is 11.8 Å². The van der Waals surface area contributed by atoms with E-state index in [1.54, 1.807) is 0 Å². The van der Waals surface area contributed by atoms with Gasteiger partial charge in [0.05, 0.1) is 5.92 Å². The molecule has 0 heterocycles. The fraction of sp³-hybridized carbons (Fsp3) is 0.500. The van der Waals surface area contributed by atoms with Crippen molar-refractivity contribution in [2.45, 2.75) is 19.4 Å². The Balaban J connectivity index is 2.94. The highest BCUT2D eigenvalue weighted by Crippen LogP contribution is 2.28. The molecule has 2 N–H and O–H groups in total. The first-order valence-corrected chi connectivity index (χ1v) is 4.73. The van der Waals surface area contributed by atoms with E-state index in [0.717, 1.165) is 6.92 Å². The van der Waals surface area contributed by atoms with Gasteiger partial charge in [0.25, 0.3) is 0 Å². The maximum absolute atomic E-state index is 11.0. The van der Waals surface area contributed by atoms with E-state index >= 15 is 0 Å². The van der Waals surface area contributed by atoms with Crippen LogP contribution in [0.1, 0.15) is 13.3 Å². The van der Waals surface area contributed by atoms with Crippen molar-refractivity contribution < 1.29 is 29.3 Å². The molecule has 3 unspecified atom stereocenters. The van der Waals surface area contributed by atoms with Gasteiger partial charge < -0.3 is 14.9 Å². The van der Waals surface area contributed by atoms with Crippen LogP contribution in [0.5, 0.6) is 0 Å². The van der Waals surface area contributed by atoms with Crippen LogP contribution in [0.25, 0.3) is 0 Å². The van der Waals surface area contributed by atoms with E-state index < -0.39 is 35.8 Å². The summed E-state index contributed by atoms with van der Waals surface area (Å²) in [6, 6.07) is 0. The molecular formula is C10H12O6. The smallest absolute Gasteiger partial charge is 0.311 e. The summed E-state index contributed by atoms with van der Waals surface area (Å²) in [7, 11) is 0. The standard InChI is InChI=1S/C10H12O6/c1-5(11)16-7-4-2-3-6(9(12)13)8(7)10(14)15/h2,4,6-8H,3H2,1H3,(H,12,13)(H,14,15). The topological polar surface area (TPSA) is 101 Å². The molecule has 88 valence electrons. The fourth-order valence-corrected chi connectivity index (χ4v) is 1.73. The summed E-state index contributed by atoms with van der Waals surface area (Å²) in [6.07, 6.45) is 2.06. The molecule has 0 aliphatic heterocycles. The predicted molar refractivity (Wildman–Crippen MR) is 51.6 cm³/mol. The second-order valence-electron chi connectivity index (χ2n) is 3.55. The van der Waals surface area contributed by atoms with Gasteiger partial charge in [-0.05, 0) is 12.5 Å². The monoisotopic (exact) mass is 228 g/mol. The van der Waals surface area contributed by atoms with E-state index in [-0.39, 0.29) is 6.42 Å². The summed E-state index contributed by atoms with van der Waals surface area (Å²) >= 11 is 0. The summed E-state index contributed by atoms with van der Waals surface area (Å²) in [6.45, 7) is 1.15. The van der Waals surface area contributed by atoms with E-state index in [1.165, 1.54) is 12.2 Å². The Bertz CT molecular complexity index is 345. The summed E-state index contributed by atoms with van der Waals surface area (Å²) < 4.78 is 4.78. The Hall–Kier alpha value is -1.85. The van der Waals surface area contributed by atoms with Crippen LogP contribution in [0.2, 0.25) is 0 Å². The van der Waals surface area contributed by atoms with E-state index in [1.807, 2.05) is 0 Å². The first-order valence-electron chi connectivity index (χ1n) is 4.73. The third-order valence-electron chi connectivity index (χ3n) is 2.41. The lowest BCUT2D eigenvalue weighted by Gasteiger charge is -2.28. The van der Waals surface area contributed by atoms with E-state index in [4.69, 9.17) is 14.9 Å². The molecule has 0 aromatic carbocycles. The average Bonchev–Trinajstić information content (AvgIpc) is 2.15. The summed E-state index contributed by atoms with van der Waals surface area (Å²) in [4.78, 5) is 32.6. The lowest BCUT2D eigenvalue weighted by atomic mass is 9.81. The van der Waals surface area contributed by atoms with E-state index in [9.17, 15) is 14.4 Å². The first-order chi connectivity index (χ1) is 7.43. The van der Waals surface area contributed by atoms with Gasteiger partial charge in [0.15, 0.2) is 0 Å². The molecule has 0 bridgehead atoms. The third kappa shape index (κ3) is 2.59. The Morgan fingerprint density at radius 1 is 1.25 bits per heavy atom. The number of ether oxygens (including phenoxy) is 1. The highest BCUT2D eigenvalue weighted by Gasteiger charge is 2.41. The number of carboxylic acids is 2. The van der Waals surface area contributed by atoms with Crippen LogP contribution in [0.3, 0.4) is 0 Å². The Kier molecular flexibility index (Phi) is 3.65. The summed E-state index contributed by atoms with van der Waals surface area (Å²) in [5, 5.41) is 17.8. The second kappa shape index (κ2) is 4.78. The van der Waals surface area contributed by atoms with Crippen LogP contribution >= 0.6 is 0 Å². The van der Waals surface area contributed by atoms with Gasteiger partial charge >= 0.3 is 17.9 Å². The molecule has 0 fully saturated rings. The minimum Gasteiger partial charge on any atom is -0.481 e. The highest BCUT2D eigenvalue weighted by molar-refractivity contribution is 5.81.